The quantitative estimate of drug-likeness (QED) is 0.695. The van der Waals surface area contributed by atoms with Crippen LogP contribution in [0.25, 0.3) is 0 Å². The van der Waals surface area contributed by atoms with Gasteiger partial charge in [0.25, 0.3) is 5.91 Å². The van der Waals surface area contributed by atoms with Gasteiger partial charge < -0.3 is 24.6 Å². The van der Waals surface area contributed by atoms with Crippen molar-refractivity contribution in [1.82, 2.24) is 15.1 Å². The van der Waals surface area contributed by atoms with Crippen molar-refractivity contribution in [2.45, 2.75) is 37.3 Å². The molecule has 3 atom stereocenters. The number of aliphatic hydroxyl groups excluding tert-OH is 1. The first-order valence-corrected chi connectivity index (χ1v) is 11.5. The number of β-amino-alcohol motifs (C(OH)–C–C–N with tert-alkyl or cyclic N) is 1. The molecular formula is C25H28N4O5. The molecular weight excluding hydrogens is 436 g/mol. The molecule has 1 spiro atoms. The van der Waals surface area contributed by atoms with Crippen molar-refractivity contribution in [2.24, 2.45) is 5.92 Å². The second kappa shape index (κ2) is 9.69. The Hall–Kier alpha value is -3.64. The van der Waals surface area contributed by atoms with E-state index in [-0.39, 0.29) is 37.0 Å². The van der Waals surface area contributed by atoms with Crippen LogP contribution in [0.4, 0.5) is 0 Å². The van der Waals surface area contributed by atoms with Crippen LogP contribution in [0.5, 0.6) is 0 Å². The molecule has 0 aliphatic carbocycles. The molecule has 0 unspecified atom stereocenters. The number of benzene rings is 1. The monoisotopic (exact) mass is 464 g/mol. The van der Waals surface area contributed by atoms with Gasteiger partial charge in [0.1, 0.15) is 17.3 Å². The fourth-order valence-corrected chi connectivity index (χ4v) is 5.38. The highest BCUT2D eigenvalue weighted by atomic mass is 16.3. The molecule has 2 aliphatic rings. The maximum Gasteiger partial charge on any atom is 0.255 e. The van der Waals surface area contributed by atoms with Crippen LogP contribution in [0, 0.1) is 17.2 Å². The third kappa shape index (κ3) is 3.94. The fraction of sp³-hybridized carbons (Fsp3) is 0.440. The Kier molecular flexibility index (Phi) is 6.70. The van der Waals surface area contributed by atoms with Gasteiger partial charge in [0.15, 0.2) is 0 Å². The number of nitrogens with zero attached hydrogens (tertiary/aromatic N) is 3. The second-order valence-corrected chi connectivity index (χ2v) is 8.76. The molecule has 2 saturated heterocycles. The third-order valence-corrected chi connectivity index (χ3v) is 6.88. The number of hydrogen-bond donors (Lipinski definition) is 2. The summed E-state index contributed by atoms with van der Waals surface area (Å²) in [7, 11) is 1.53. The van der Waals surface area contributed by atoms with Crippen LogP contribution in [0.15, 0.2) is 47.1 Å². The number of rotatable bonds is 5. The summed E-state index contributed by atoms with van der Waals surface area (Å²) in [6.45, 7) is 0.437. The van der Waals surface area contributed by atoms with Crippen LogP contribution < -0.4 is 5.32 Å². The van der Waals surface area contributed by atoms with Crippen LogP contribution in [0.3, 0.4) is 0 Å². The lowest BCUT2D eigenvalue weighted by molar-refractivity contribution is -0.142. The van der Waals surface area contributed by atoms with E-state index >= 15 is 0 Å². The minimum Gasteiger partial charge on any atom is -0.467 e. The molecule has 178 valence electrons. The van der Waals surface area contributed by atoms with Gasteiger partial charge in [0, 0.05) is 25.7 Å². The van der Waals surface area contributed by atoms with Gasteiger partial charge in [-0.2, -0.15) is 5.26 Å². The third-order valence-electron chi connectivity index (χ3n) is 6.88. The Morgan fingerprint density at radius 1 is 1.29 bits per heavy atom. The van der Waals surface area contributed by atoms with Crippen LogP contribution >= 0.6 is 0 Å². The predicted molar refractivity (Wildman–Crippen MR) is 121 cm³/mol. The first-order valence-electron chi connectivity index (χ1n) is 11.5. The SMILES string of the molecule is CNC(=O)[C@H]1C[C@]2(CCCCN(CCO)C2=O)N(C(=O)c2cccc(C#N)c2)[C@H]1c1ccco1. The van der Waals surface area contributed by atoms with Crippen molar-refractivity contribution < 1.29 is 23.9 Å². The molecule has 1 aromatic heterocycles. The number of furan rings is 1. The van der Waals surface area contributed by atoms with Crippen molar-refractivity contribution in [3.8, 4) is 6.07 Å². The van der Waals surface area contributed by atoms with Gasteiger partial charge in [-0.05, 0) is 56.0 Å². The predicted octanol–water partition coefficient (Wildman–Crippen LogP) is 1.84. The number of aliphatic hydroxyl groups is 1. The van der Waals surface area contributed by atoms with E-state index in [4.69, 9.17) is 4.42 Å². The van der Waals surface area contributed by atoms with E-state index in [0.717, 1.165) is 6.42 Å². The number of carbonyl (C=O) groups excluding carboxylic acids is 3. The maximum atomic E-state index is 14.1. The lowest BCUT2D eigenvalue weighted by atomic mass is 9.85. The van der Waals surface area contributed by atoms with Gasteiger partial charge in [-0.1, -0.05) is 6.07 Å². The molecule has 9 heteroatoms. The standard InChI is InChI=1S/C25H28N4O5/c1-27-22(31)19-15-25(9-2-3-10-28(11-12-30)24(25)33)29(21(19)20-8-5-13-34-20)23(32)18-7-4-6-17(14-18)16-26/h4-8,13-14,19,21,30H,2-3,9-12,15H2,1H3,(H,27,31)/t19-,21+,25-/m0/s1. The zero-order valence-electron chi connectivity index (χ0n) is 19.1. The van der Waals surface area contributed by atoms with E-state index in [1.54, 1.807) is 35.2 Å². The molecule has 0 radical (unpaired) electrons. The van der Waals surface area contributed by atoms with Crippen molar-refractivity contribution in [3.05, 3.63) is 59.5 Å². The van der Waals surface area contributed by atoms with Crippen LogP contribution in [-0.2, 0) is 9.59 Å². The summed E-state index contributed by atoms with van der Waals surface area (Å²) in [5.41, 5.74) is -0.691. The summed E-state index contributed by atoms with van der Waals surface area (Å²) in [5.74, 6) is -1.29. The number of carbonyl (C=O) groups is 3. The number of likely N-dealkylation sites (tertiary alicyclic amines) is 2. The summed E-state index contributed by atoms with van der Waals surface area (Å²) in [6.07, 6.45) is 3.42. The summed E-state index contributed by atoms with van der Waals surface area (Å²) in [5, 5.41) is 21.6. The van der Waals surface area contributed by atoms with Gasteiger partial charge in [0.2, 0.25) is 11.8 Å². The number of amides is 3. The first kappa shape index (κ1) is 23.5. The number of nitriles is 1. The van der Waals surface area contributed by atoms with Crippen molar-refractivity contribution in [2.75, 3.05) is 26.7 Å². The molecule has 34 heavy (non-hydrogen) atoms. The molecule has 0 bridgehead atoms. The number of nitrogens with one attached hydrogen (secondary N) is 1. The molecule has 3 heterocycles. The minimum absolute atomic E-state index is 0.141. The van der Waals surface area contributed by atoms with E-state index in [0.29, 0.717) is 30.7 Å². The smallest absolute Gasteiger partial charge is 0.255 e. The Morgan fingerprint density at radius 3 is 2.79 bits per heavy atom. The molecule has 9 nitrogen and oxygen atoms in total. The zero-order valence-corrected chi connectivity index (χ0v) is 19.1. The van der Waals surface area contributed by atoms with Crippen LogP contribution in [0.1, 0.15) is 53.4 Å². The average molecular weight is 465 g/mol. The van der Waals surface area contributed by atoms with Crippen molar-refractivity contribution in [1.29, 1.82) is 5.26 Å². The fourth-order valence-electron chi connectivity index (χ4n) is 5.38. The lowest BCUT2D eigenvalue weighted by Gasteiger charge is -2.41. The Balaban J connectivity index is 1.91. The average Bonchev–Trinajstić information content (AvgIpc) is 3.47. The normalized spacial score (nSPS) is 24.7. The molecule has 4 rings (SSSR count). The Bertz CT molecular complexity index is 1110. The molecule has 2 fully saturated rings. The van der Waals surface area contributed by atoms with Gasteiger partial charge in [-0.3, -0.25) is 14.4 Å². The highest BCUT2D eigenvalue weighted by Gasteiger charge is 2.61. The second-order valence-electron chi connectivity index (χ2n) is 8.76. The molecule has 2 aliphatic heterocycles. The molecule has 1 aromatic carbocycles. The highest BCUT2D eigenvalue weighted by Crippen LogP contribution is 2.51. The number of hydrogen-bond acceptors (Lipinski definition) is 6. The molecule has 2 aromatic rings. The van der Waals surface area contributed by atoms with Crippen molar-refractivity contribution >= 4 is 17.7 Å². The van der Waals surface area contributed by atoms with Gasteiger partial charge in [-0.15, -0.1) is 0 Å². The van der Waals surface area contributed by atoms with E-state index in [9.17, 15) is 24.8 Å². The zero-order chi connectivity index (χ0) is 24.3. The molecule has 2 N–H and O–H groups in total. The summed E-state index contributed by atoms with van der Waals surface area (Å²) < 4.78 is 5.69. The van der Waals surface area contributed by atoms with Crippen LogP contribution in [0.2, 0.25) is 0 Å². The first-order chi connectivity index (χ1) is 16.5. The molecule has 3 amide bonds. The van der Waals surface area contributed by atoms with Gasteiger partial charge in [-0.25, -0.2) is 0 Å². The van der Waals surface area contributed by atoms with E-state index in [1.165, 1.54) is 24.3 Å². The van der Waals surface area contributed by atoms with Crippen LogP contribution in [-0.4, -0.2) is 64.9 Å². The van der Waals surface area contributed by atoms with Gasteiger partial charge >= 0.3 is 0 Å². The topological polar surface area (TPSA) is 127 Å². The van der Waals surface area contributed by atoms with Crippen molar-refractivity contribution in [3.63, 3.8) is 0 Å². The lowest BCUT2D eigenvalue weighted by Crippen LogP contribution is -2.58. The van der Waals surface area contributed by atoms with E-state index < -0.39 is 23.4 Å². The Morgan fingerprint density at radius 2 is 2.12 bits per heavy atom. The maximum absolute atomic E-state index is 14.1. The largest absolute Gasteiger partial charge is 0.467 e. The summed E-state index contributed by atoms with van der Waals surface area (Å²) >= 11 is 0. The summed E-state index contributed by atoms with van der Waals surface area (Å²) in [4.78, 5) is 44.3. The van der Waals surface area contributed by atoms with Gasteiger partial charge in [0.05, 0.1) is 30.4 Å². The molecule has 0 saturated carbocycles. The highest BCUT2D eigenvalue weighted by molar-refractivity contribution is 6.01. The minimum atomic E-state index is -1.28. The Labute approximate surface area is 197 Å². The van der Waals surface area contributed by atoms with E-state index in [2.05, 4.69) is 5.32 Å². The van der Waals surface area contributed by atoms with E-state index in [1.807, 2.05) is 6.07 Å². The summed E-state index contributed by atoms with van der Waals surface area (Å²) in [6, 6.07) is 11.0.